The van der Waals surface area contributed by atoms with Crippen LogP contribution in [0.5, 0.6) is 0 Å². The topological polar surface area (TPSA) is 52.9 Å². The van der Waals surface area contributed by atoms with Gasteiger partial charge in [-0.1, -0.05) is 24.3 Å². The van der Waals surface area contributed by atoms with Gasteiger partial charge in [0.25, 0.3) is 0 Å². The highest BCUT2D eigenvalue weighted by molar-refractivity contribution is 6.58. The Labute approximate surface area is 102 Å². The van der Waals surface area contributed by atoms with E-state index in [4.69, 9.17) is 14.8 Å². The molecule has 1 aliphatic rings. The summed E-state index contributed by atoms with van der Waals surface area (Å²) in [5.41, 5.74) is 1.66. The first-order valence-corrected chi connectivity index (χ1v) is 6.01. The quantitative estimate of drug-likeness (QED) is 0.699. The van der Waals surface area contributed by atoms with Gasteiger partial charge < -0.3 is 14.8 Å². The van der Waals surface area contributed by atoms with Crippen LogP contribution in [-0.4, -0.2) is 48.4 Å². The van der Waals surface area contributed by atoms with Crippen molar-refractivity contribution in [3.8, 4) is 0 Å². The van der Waals surface area contributed by atoms with Crippen molar-refractivity contribution in [1.82, 2.24) is 4.90 Å². The van der Waals surface area contributed by atoms with E-state index in [-0.39, 0.29) is 0 Å². The fraction of sp³-hybridized carbons (Fsp3) is 0.500. The Morgan fingerprint density at radius 1 is 1.24 bits per heavy atom. The molecule has 0 radical (unpaired) electrons. The minimum absolute atomic E-state index is 0.550. The second kappa shape index (κ2) is 6.16. The van der Waals surface area contributed by atoms with Crippen molar-refractivity contribution in [2.45, 2.75) is 13.0 Å². The lowest BCUT2D eigenvalue weighted by atomic mass is 9.79. The number of hydrogen-bond donors (Lipinski definition) is 2. The van der Waals surface area contributed by atoms with Crippen molar-refractivity contribution in [2.24, 2.45) is 0 Å². The molecule has 2 rings (SSSR count). The molecule has 0 aliphatic carbocycles. The fourth-order valence-electron chi connectivity index (χ4n) is 2.07. The Morgan fingerprint density at radius 3 is 2.94 bits per heavy atom. The molecule has 1 aliphatic heterocycles. The van der Waals surface area contributed by atoms with Crippen LogP contribution in [0.2, 0.25) is 0 Å². The smallest absolute Gasteiger partial charge is 0.423 e. The monoisotopic (exact) mass is 235 g/mol. The fourth-order valence-corrected chi connectivity index (χ4v) is 2.07. The van der Waals surface area contributed by atoms with E-state index >= 15 is 0 Å². The van der Waals surface area contributed by atoms with E-state index in [0.717, 1.165) is 44.8 Å². The van der Waals surface area contributed by atoms with E-state index in [1.165, 1.54) is 0 Å². The van der Waals surface area contributed by atoms with Crippen LogP contribution >= 0.6 is 0 Å². The summed E-state index contributed by atoms with van der Waals surface area (Å²) in [5, 5.41) is 18.2. The largest absolute Gasteiger partial charge is 0.488 e. The SMILES string of the molecule is OB(O)c1cccc(CN2CCCOCC2)c1. The van der Waals surface area contributed by atoms with E-state index in [1.807, 2.05) is 18.2 Å². The summed E-state index contributed by atoms with van der Waals surface area (Å²) in [6.07, 6.45) is 1.06. The first kappa shape index (κ1) is 12.6. The first-order chi connectivity index (χ1) is 8.25. The molecule has 1 saturated heterocycles. The van der Waals surface area contributed by atoms with Crippen LogP contribution in [0.25, 0.3) is 0 Å². The highest BCUT2D eigenvalue weighted by Gasteiger charge is 2.13. The molecule has 1 aromatic carbocycles. The minimum atomic E-state index is -1.39. The van der Waals surface area contributed by atoms with E-state index in [2.05, 4.69) is 4.90 Å². The zero-order valence-corrected chi connectivity index (χ0v) is 9.88. The summed E-state index contributed by atoms with van der Waals surface area (Å²) in [4.78, 5) is 2.33. The molecule has 0 bridgehead atoms. The lowest BCUT2D eigenvalue weighted by Gasteiger charge is -2.19. The molecular formula is C12H18BNO3. The number of hydrogen-bond acceptors (Lipinski definition) is 4. The van der Waals surface area contributed by atoms with Crippen molar-refractivity contribution in [3.05, 3.63) is 29.8 Å². The number of ether oxygens (including phenoxy) is 1. The van der Waals surface area contributed by atoms with Crippen LogP contribution in [0.4, 0.5) is 0 Å². The molecular weight excluding hydrogens is 217 g/mol. The van der Waals surface area contributed by atoms with Gasteiger partial charge in [0, 0.05) is 26.2 Å². The van der Waals surface area contributed by atoms with Crippen molar-refractivity contribution < 1.29 is 14.8 Å². The summed E-state index contributed by atoms with van der Waals surface area (Å²) < 4.78 is 5.40. The van der Waals surface area contributed by atoms with Crippen LogP contribution in [0, 0.1) is 0 Å². The van der Waals surface area contributed by atoms with Crippen molar-refractivity contribution in [3.63, 3.8) is 0 Å². The second-order valence-corrected chi connectivity index (χ2v) is 4.36. The Kier molecular flexibility index (Phi) is 4.56. The lowest BCUT2D eigenvalue weighted by Crippen LogP contribution is -2.31. The zero-order chi connectivity index (χ0) is 12.1. The molecule has 2 N–H and O–H groups in total. The van der Waals surface area contributed by atoms with Gasteiger partial charge in [-0.15, -0.1) is 0 Å². The van der Waals surface area contributed by atoms with Crippen LogP contribution in [-0.2, 0) is 11.3 Å². The molecule has 0 saturated carbocycles. The standard InChI is InChI=1S/C12H18BNO3/c15-13(16)12-4-1-3-11(9-12)10-14-5-2-7-17-8-6-14/h1,3-4,9,15-16H,2,5-8,10H2. The molecule has 1 aromatic rings. The van der Waals surface area contributed by atoms with E-state index in [1.54, 1.807) is 6.07 Å². The average molecular weight is 235 g/mol. The van der Waals surface area contributed by atoms with Gasteiger partial charge in [0.2, 0.25) is 0 Å². The molecule has 1 fully saturated rings. The van der Waals surface area contributed by atoms with Crippen molar-refractivity contribution in [1.29, 1.82) is 0 Å². The van der Waals surface area contributed by atoms with Gasteiger partial charge in [0.05, 0.1) is 6.61 Å². The predicted octanol–water partition coefficient (Wildman–Crippen LogP) is -0.411. The van der Waals surface area contributed by atoms with Gasteiger partial charge in [-0.3, -0.25) is 4.90 Å². The summed E-state index contributed by atoms with van der Waals surface area (Å²) in [6, 6.07) is 7.44. The highest BCUT2D eigenvalue weighted by Crippen LogP contribution is 2.06. The third-order valence-corrected chi connectivity index (χ3v) is 2.97. The molecule has 0 spiro atoms. The minimum Gasteiger partial charge on any atom is -0.423 e. The van der Waals surface area contributed by atoms with E-state index < -0.39 is 7.12 Å². The molecule has 17 heavy (non-hydrogen) atoms. The van der Waals surface area contributed by atoms with Crippen LogP contribution in [0.1, 0.15) is 12.0 Å². The summed E-state index contributed by atoms with van der Waals surface area (Å²) >= 11 is 0. The van der Waals surface area contributed by atoms with Crippen LogP contribution < -0.4 is 5.46 Å². The number of benzene rings is 1. The Hall–Kier alpha value is -0.875. The molecule has 0 aromatic heterocycles. The Bertz CT molecular complexity index is 351. The summed E-state index contributed by atoms with van der Waals surface area (Å²) in [7, 11) is -1.39. The molecule has 0 unspecified atom stereocenters. The van der Waals surface area contributed by atoms with Gasteiger partial charge in [-0.25, -0.2) is 0 Å². The average Bonchev–Trinajstić information content (AvgIpc) is 2.58. The lowest BCUT2D eigenvalue weighted by molar-refractivity contribution is 0.140. The van der Waals surface area contributed by atoms with Crippen LogP contribution in [0.15, 0.2) is 24.3 Å². The van der Waals surface area contributed by atoms with Gasteiger partial charge in [-0.05, 0) is 17.4 Å². The molecule has 0 atom stereocenters. The molecule has 0 amide bonds. The summed E-state index contributed by atoms with van der Waals surface area (Å²) in [5.74, 6) is 0. The van der Waals surface area contributed by atoms with Crippen molar-refractivity contribution in [2.75, 3.05) is 26.3 Å². The molecule has 92 valence electrons. The van der Waals surface area contributed by atoms with Crippen LogP contribution in [0.3, 0.4) is 0 Å². The van der Waals surface area contributed by atoms with Gasteiger partial charge in [0.1, 0.15) is 0 Å². The predicted molar refractivity (Wildman–Crippen MR) is 67.0 cm³/mol. The van der Waals surface area contributed by atoms with Gasteiger partial charge in [-0.2, -0.15) is 0 Å². The zero-order valence-electron chi connectivity index (χ0n) is 9.88. The van der Waals surface area contributed by atoms with E-state index in [0.29, 0.717) is 5.46 Å². The number of nitrogens with zero attached hydrogens (tertiary/aromatic N) is 1. The molecule has 4 nitrogen and oxygen atoms in total. The molecule has 5 heteroatoms. The van der Waals surface area contributed by atoms with E-state index in [9.17, 15) is 0 Å². The Balaban J connectivity index is 1.99. The maximum absolute atomic E-state index is 9.12. The third-order valence-electron chi connectivity index (χ3n) is 2.97. The number of rotatable bonds is 3. The maximum Gasteiger partial charge on any atom is 0.488 e. The second-order valence-electron chi connectivity index (χ2n) is 4.36. The molecule has 1 heterocycles. The van der Waals surface area contributed by atoms with Crippen molar-refractivity contribution >= 4 is 12.6 Å². The Morgan fingerprint density at radius 2 is 2.12 bits per heavy atom. The normalized spacial score (nSPS) is 17.8. The van der Waals surface area contributed by atoms with Gasteiger partial charge >= 0.3 is 7.12 Å². The van der Waals surface area contributed by atoms with Gasteiger partial charge in [0.15, 0.2) is 0 Å². The maximum atomic E-state index is 9.12. The summed E-state index contributed by atoms with van der Waals surface area (Å²) in [6.45, 7) is 4.43. The third kappa shape index (κ3) is 3.82. The first-order valence-electron chi connectivity index (χ1n) is 6.01. The highest BCUT2D eigenvalue weighted by atomic mass is 16.5.